The molecule has 3 aromatic carbocycles. The smallest absolute Gasteiger partial charge is 0.221 e. The summed E-state index contributed by atoms with van der Waals surface area (Å²) in [5, 5.41) is 7.90. The molecule has 1 heterocycles. The summed E-state index contributed by atoms with van der Waals surface area (Å²) in [5.74, 6) is 0.142. The number of fused-ring (bicyclic) bond motifs is 1. The minimum Gasteiger partial charge on any atom is -0.382 e. The second-order valence-corrected chi connectivity index (χ2v) is 6.87. The van der Waals surface area contributed by atoms with Crippen molar-refractivity contribution in [2.75, 3.05) is 5.73 Å². The molecule has 4 aromatic rings. The second-order valence-electron chi connectivity index (χ2n) is 6.87. The van der Waals surface area contributed by atoms with Crippen LogP contribution in [0.2, 0.25) is 0 Å². The Bertz CT molecular complexity index is 1130. The molecule has 139 valence electrons. The molecule has 0 saturated heterocycles. The van der Waals surface area contributed by atoms with Gasteiger partial charge in [-0.1, -0.05) is 54.6 Å². The van der Waals surface area contributed by atoms with Gasteiger partial charge in [0.2, 0.25) is 5.91 Å². The van der Waals surface area contributed by atoms with Crippen LogP contribution < -0.4 is 11.5 Å². The summed E-state index contributed by atoms with van der Waals surface area (Å²) in [6.45, 7) is 0. The lowest BCUT2D eigenvalue weighted by Gasteiger charge is -2.10. The number of carbonyl (C=O) groups excluding carboxylic acids is 1. The molecule has 0 saturated carbocycles. The van der Waals surface area contributed by atoms with Crippen molar-refractivity contribution in [3.8, 4) is 11.1 Å². The van der Waals surface area contributed by atoms with E-state index < -0.39 is 0 Å². The number of rotatable bonds is 6. The summed E-state index contributed by atoms with van der Waals surface area (Å²) in [6, 6.07) is 22.4. The molecule has 0 fully saturated rings. The standard InChI is InChI=1S/C23H21N4O/c24-22(28)13-17-10-16(7-6-15-4-2-1-3-5-15)11-19(12-17)18-8-9-20-21(14-18)26-27-23(20)25/h1-5,7-12,14H,6,13H2,(H2,24,28)(H3,25,26,27). The fourth-order valence-electron chi connectivity index (χ4n) is 3.38. The topological polar surface area (TPSA) is 97.8 Å². The van der Waals surface area contributed by atoms with E-state index in [-0.39, 0.29) is 12.3 Å². The third-order valence-electron chi connectivity index (χ3n) is 4.74. The lowest BCUT2D eigenvalue weighted by molar-refractivity contribution is -0.117. The summed E-state index contributed by atoms with van der Waals surface area (Å²) in [4.78, 5) is 11.5. The van der Waals surface area contributed by atoms with E-state index in [0.29, 0.717) is 5.82 Å². The highest BCUT2D eigenvalue weighted by molar-refractivity contribution is 5.91. The molecule has 4 rings (SSSR count). The van der Waals surface area contributed by atoms with Crippen molar-refractivity contribution < 1.29 is 4.79 Å². The van der Waals surface area contributed by atoms with Crippen LogP contribution in [0.1, 0.15) is 16.7 Å². The number of carbonyl (C=O) groups is 1. The van der Waals surface area contributed by atoms with Gasteiger partial charge in [-0.2, -0.15) is 5.10 Å². The highest BCUT2D eigenvalue weighted by atomic mass is 16.1. The summed E-state index contributed by atoms with van der Waals surface area (Å²) >= 11 is 0. The van der Waals surface area contributed by atoms with Gasteiger partial charge in [0.1, 0.15) is 0 Å². The molecule has 28 heavy (non-hydrogen) atoms. The van der Waals surface area contributed by atoms with E-state index in [4.69, 9.17) is 11.5 Å². The van der Waals surface area contributed by atoms with Gasteiger partial charge in [0.25, 0.3) is 0 Å². The first-order valence-electron chi connectivity index (χ1n) is 9.12. The number of primary amides is 1. The number of hydrogen-bond donors (Lipinski definition) is 3. The van der Waals surface area contributed by atoms with Crippen LogP contribution in [0.3, 0.4) is 0 Å². The lowest BCUT2D eigenvalue weighted by atomic mass is 9.95. The van der Waals surface area contributed by atoms with Crippen molar-refractivity contribution in [3.05, 3.63) is 89.8 Å². The molecule has 5 heteroatoms. The van der Waals surface area contributed by atoms with Gasteiger partial charge in [-0.25, -0.2) is 0 Å². The van der Waals surface area contributed by atoms with Crippen molar-refractivity contribution in [1.29, 1.82) is 0 Å². The monoisotopic (exact) mass is 369 g/mol. The van der Waals surface area contributed by atoms with Gasteiger partial charge in [-0.15, -0.1) is 0 Å². The molecule has 0 aliphatic rings. The Balaban J connectivity index is 1.69. The van der Waals surface area contributed by atoms with Gasteiger partial charge >= 0.3 is 0 Å². The zero-order chi connectivity index (χ0) is 19.5. The van der Waals surface area contributed by atoms with Crippen LogP contribution in [-0.2, 0) is 17.6 Å². The Hall–Kier alpha value is -3.60. The van der Waals surface area contributed by atoms with Gasteiger partial charge in [0.05, 0.1) is 11.9 Å². The van der Waals surface area contributed by atoms with Crippen molar-refractivity contribution in [2.45, 2.75) is 12.8 Å². The normalized spacial score (nSPS) is 11.0. The van der Waals surface area contributed by atoms with Gasteiger partial charge in [0, 0.05) is 5.39 Å². The first-order valence-corrected chi connectivity index (χ1v) is 9.12. The molecule has 0 atom stereocenters. The Kier molecular flexibility index (Phi) is 4.81. The molecular weight excluding hydrogens is 348 g/mol. The summed E-state index contributed by atoms with van der Waals surface area (Å²) in [7, 11) is 0. The Morgan fingerprint density at radius 2 is 1.79 bits per heavy atom. The van der Waals surface area contributed by atoms with Crippen molar-refractivity contribution >= 4 is 22.6 Å². The molecule has 0 aliphatic carbocycles. The minimum absolute atomic E-state index is 0.208. The second kappa shape index (κ2) is 7.56. The van der Waals surface area contributed by atoms with E-state index in [1.807, 2.05) is 48.5 Å². The maximum atomic E-state index is 11.5. The highest BCUT2D eigenvalue weighted by Gasteiger charge is 2.09. The fraction of sp³-hybridized carbons (Fsp3) is 0.0870. The Morgan fingerprint density at radius 1 is 0.964 bits per heavy atom. The summed E-state index contributed by atoms with van der Waals surface area (Å²) < 4.78 is 0. The molecule has 0 unspecified atom stereocenters. The number of nitrogens with two attached hydrogens (primary N) is 2. The largest absolute Gasteiger partial charge is 0.382 e. The van der Waals surface area contributed by atoms with E-state index in [2.05, 4.69) is 34.8 Å². The molecule has 1 aromatic heterocycles. The predicted octanol–water partition coefficient (Wildman–Crippen LogP) is 3.63. The van der Waals surface area contributed by atoms with Crippen molar-refractivity contribution in [1.82, 2.24) is 10.2 Å². The predicted molar refractivity (Wildman–Crippen MR) is 112 cm³/mol. The average molecular weight is 369 g/mol. The number of amides is 1. The SMILES string of the molecule is NC(=O)Cc1cc([CH]Cc2ccccc2)cc(-c2ccc3c(N)n[nH]c3c2)c1. The number of anilines is 1. The zero-order valence-electron chi connectivity index (χ0n) is 15.4. The van der Waals surface area contributed by atoms with E-state index in [0.717, 1.165) is 39.6 Å². The van der Waals surface area contributed by atoms with E-state index in [1.54, 1.807) is 0 Å². The van der Waals surface area contributed by atoms with E-state index >= 15 is 0 Å². The number of aromatic nitrogens is 2. The van der Waals surface area contributed by atoms with Crippen LogP contribution >= 0.6 is 0 Å². The molecule has 5 N–H and O–H groups in total. The average Bonchev–Trinajstić information content (AvgIpc) is 3.07. The van der Waals surface area contributed by atoms with E-state index in [1.165, 1.54) is 5.56 Å². The first kappa shape index (κ1) is 17.8. The Labute approximate surface area is 163 Å². The number of benzene rings is 3. The Morgan fingerprint density at radius 3 is 2.57 bits per heavy atom. The van der Waals surface area contributed by atoms with Crippen LogP contribution in [0, 0.1) is 6.42 Å². The van der Waals surface area contributed by atoms with Crippen molar-refractivity contribution in [2.24, 2.45) is 5.73 Å². The quantitative estimate of drug-likeness (QED) is 0.484. The van der Waals surface area contributed by atoms with Crippen LogP contribution in [0.5, 0.6) is 0 Å². The molecule has 5 nitrogen and oxygen atoms in total. The highest BCUT2D eigenvalue weighted by Crippen LogP contribution is 2.28. The molecule has 0 aliphatic heterocycles. The fourth-order valence-corrected chi connectivity index (χ4v) is 3.38. The van der Waals surface area contributed by atoms with Crippen molar-refractivity contribution in [3.63, 3.8) is 0 Å². The van der Waals surface area contributed by atoms with Gasteiger partial charge in [-0.3, -0.25) is 9.89 Å². The van der Waals surface area contributed by atoms with Gasteiger partial charge < -0.3 is 11.5 Å². The molecule has 1 radical (unpaired) electrons. The molecule has 1 amide bonds. The third-order valence-corrected chi connectivity index (χ3v) is 4.74. The first-order chi connectivity index (χ1) is 13.6. The molecular formula is C23H21N4O. The molecule has 0 bridgehead atoms. The van der Waals surface area contributed by atoms with Crippen LogP contribution in [0.15, 0.2) is 66.7 Å². The molecule has 0 spiro atoms. The minimum atomic E-state index is -0.344. The number of hydrogen-bond acceptors (Lipinski definition) is 3. The van der Waals surface area contributed by atoms with Crippen LogP contribution in [0.25, 0.3) is 22.0 Å². The summed E-state index contributed by atoms with van der Waals surface area (Å²) in [5.41, 5.74) is 17.4. The van der Waals surface area contributed by atoms with E-state index in [9.17, 15) is 4.79 Å². The maximum absolute atomic E-state index is 11.5. The van der Waals surface area contributed by atoms with Crippen LogP contribution in [-0.4, -0.2) is 16.1 Å². The number of H-pyrrole nitrogens is 1. The number of nitrogens with one attached hydrogen (secondary N) is 1. The number of aromatic amines is 1. The van der Waals surface area contributed by atoms with Crippen LogP contribution in [0.4, 0.5) is 5.82 Å². The number of nitrogens with zero attached hydrogens (tertiary/aromatic N) is 1. The van der Waals surface area contributed by atoms with Gasteiger partial charge in [-0.05, 0) is 52.8 Å². The zero-order valence-corrected chi connectivity index (χ0v) is 15.4. The summed E-state index contributed by atoms with van der Waals surface area (Å²) in [6.07, 6.45) is 3.19. The lowest BCUT2D eigenvalue weighted by Crippen LogP contribution is -2.13. The van der Waals surface area contributed by atoms with Gasteiger partial charge in [0.15, 0.2) is 5.82 Å². The number of nitrogen functional groups attached to an aromatic ring is 1. The third kappa shape index (κ3) is 3.88. The maximum Gasteiger partial charge on any atom is 0.221 e.